The van der Waals surface area contributed by atoms with Crippen molar-refractivity contribution in [2.75, 3.05) is 29.0 Å². The van der Waals surface area contributed by atoms with Crippen LogP contribution in [0.5, 0.6) is 0 Å². The number of nitrogen functional groups attached to an aromatic ring is 1. The van der Waals surface area contributed by atoms with Gasteiger partial charge in [-0.2, -0.15) is 4.98 Å². The van der Waals surface area contributed by atoms with E-state index in [1.54, 1.807) is 0 Å². The molecule has 1 fully saturated rings. The van der Waals surface area contributed by atoms with E-state index >= 15 is 0 Å². The van der Waals surface area contributed by atoms with Gasteiger partial charge in [0, 0.05) is 18.8 Å². The Hall–Kier alpha value is -2.41. The first-order chi connectivity index (χ1) is 12.1. The largest absolute Gasteiger partial charge is 0.383 e. The fraction of sp³-hybridized carbons (Fsp3) is 0.389. The maximum Gasteiger partial charge on any atom is 0.264 e. The summed E-state index contributed by atoms with van der Waals surface area (Å²) in [6.45, 7) is 3.87. The molecule has 0 aliphatic carbocycles. The lowest BCUT2D eigenvalue weighted by atomic mass is 10.1. The number of aryl methyl sites for hydroxylation is 1. The number of H-pyrrole nitrogens is 1. The fourth-order valence-electron chi connectivity index (χ4n) is 2.97. The van der Waals surface area contributed by atoms with Crippen LogP contribution in [0, 0.1) is 0 Å². The molecule has 1 aliphatic heterocycles. The van der Waals surface area contributed by atoms with Gasteiger partial charge >= 0.3 is 0 Å². The molecule has 0 spiro atoms. The van der Waals surface area contributed by atoms with Crippen molar-refractivity contribution in [2.45, 2.75) is 32.6 Å². The van der Waals surface area contributed by atoms with Gasteiger partial charge in [-0.3, -0.25) is 9.78 Å². The van der Waals surface area contributed by atoms with Gasteiger partial charge in [-0.05, 0) is 43.4 Å². The second-order valence-corrected chi connectivity index (χ2v) is 6.61. The van der Waals surface area contributed by atoms with E-state index < -0.39 is 0 Å². The van der Waals surface area contributed by atoms with Crippen LogP contribution in [0.1, 0.15) is 37.3 Å². The number of nitrogens with one attached hydrogen (secondary N) is 2. The summed E-state index contributed by atoms with van der Waals surface area (Å²) in [6.07, 6.45) is 4.37. The molecule has 0 amide bonds. The third kappa shape index (κ3) is 3.99. The molecule has 1 aromatic carbocycles. The van der Waals surface area contributed by atoms with Crippen LogP contribution in [-0.2, 0) is 6.42 Å². The quantitative estimate of drug-likeness (QED) is 0.729. The predicted octanol–water partition coefficient (Wildman–Crippen LogP) is 2.69. The smallest absolute Gasteiger partial charge is 0.264 e. The first kappa shape index (κ1) is 17.4. The molecular formula is C18H23N5OS. The second-order valence-electron chi connectivity index (χ2n) is 6.20. The molecule has 7 heteroatoms. The zero-order valence-electron chi connectivity index (χ0n) is 14.3. The van der Waals surface area contributed by atoms with Crippen molar-refractivity contribution in [2.24, 2.45) is 0 Å². The van der Waals surface area contributed by atoms with Gasteiger partial charge in [0.1, 0.15) is 16.4 Å². The predicted molar refractivity (Wildman–Crippen MR) is 106 cm³/mol. The molecule has 2 aromatic rings. The Labute approximate surface area is 152 Å². The normalized spacial score (nSPS) is 14.4. The average molecular weight is 357 g/mol. The molecule has 1 saturated heterocycles. The summed E-state index contributed by atoms with van der Waals surface area (Å²) in [6, 6.07) is 7.92. The summed E-state index contributed by atoms with van der Waals surface area (Å²) < 4.78 is 0. The molecule has 1 aromatic heterocycles. The molecule has 0 atom stereocenters. The van der Waals surface area contributed by atoms with E-state index in [4.69, 9.17) is 18.0 Å². The Morgan fingerprint density at radius 1 is 1.28 bits per heavy atom. The first-order valence-corrected chi connectivity index (χ1v) is 9.04. The summed E-state index contributed by atoms with van der Waals surface area (Å²) >= 11 is 5.37. The third-order valence-electron chi connectivity index (χ3n) is 4.44. The lowest BCUT2D eigenvalue weighted by Crippen LogP contribution is -2.34. The van der Waals surface area contributed by atoms with Gasteiger partial charge in [0.15, 0.2) is 0 Å². The molecule has 0 radical (unpaired) electrons. The number of benzene rings is 1. The van der Waals surface area contributed by atoms with Gasteiger partial charge in [0.25, 0.3) is 5.56 Å². The Morgan fingerprint density at radius 2 is 1.96 bits per heavy atom. The number of nitrogens with two attached hydrogens (primary N) is 1. The van der Waals surface area contributed by atoms with Crippen molar-refractivity contribution in [3.63, 3.8) is 0 Å². The Morgan fingerprint density at radius 3 is 2.56 bits per heavy atom. The minimum absolute atomic E-state index is 0.159. The molecule has 6 nitrogen and oxygen atoms in total. The highest BCUT2D eigenvalue weighted by Gasteiger charge is 2.18. The van der Waals surface area contributed by atoms with E-state index in [-0.39, 0.29) is 21.9 Å². The van der Waals surface area contributed by atoms with Crippen molar-refractivity contribution in [3.8, 4) is 0 Å². The lowest BCUT2D eigenvalue weighted by molar-refractivity contribution is 0.568. The van der Waals surface area contributed by atoms with Gasteiger partial charge in [0.2, 0.25) is 5.95 Å². The van der Waals surface area contributed by atoms with E-state index in [2.05, 4.69) is 27.1 Å². The Kier molecular flexibility index (Phi) is 5.33. The summed E-state index contributed by atoms with van der Waals surface area (Å²) in [5, 5.41) is 3.07. The molecule has 25 heavy (non-hydrogen) atoms. The number of rotatable bonds is 4. The summed E-state index contributed by atoms with van der Waals surface area (Å²) in [5.41, 5.74) is 8.01. The first-order valence-electron chi connectivity index (χ1n) is 8.63. The highest BCUT2D eigenvalue weighted by molar-refractivity contribution is 7.81. The number of aromatic amines is 1. The Bertz CT molecular complexity index is 809. The zero-order valence-corrected chi connectivity index (χ0v) is 15.2. The highest BCUT2D eigenvalue weighted by Crippen LogP contribution is 2.18. The van der Waals surface area contributed by atoms with E-state index in [1.165, 1.54) is 12.0 Å². The Balaban J connectivity index is 1.81. The van der Waals surface area contributed by atoms with Crippen molar-refractivity contribution in [1.29, 1.82) is 0 Å². The van der Waals surface area contributed by atoms with Crippen LogP contribution in [-0.4, -0.2) is 28.0 Å². The molecule has 0 saturated carbocycles. The van der Waals surface area contributed by atoms with E-state index in [1.807, 2.05) is 24.3 Å². The third-order valence-corrected chi connectivity index (χ3v) is 4.74. The maximum absolute atomic E-state index is 12.5. The number of anilines is 3. The number of hydrogen-bond donors (Lipinski definition) is 3. The molecule has 3 rings (SSSR count). The van der Waals surface area contributed by atoms with Gasteiger partial charge < -0.3 is 16.0 Å². The van der Waals surface area contributed by atoms with Crippen LogP contribution in [0.15, 0.2) is 29.1 Å². The zero-order chi connectivity index (χ0) is 17.8. The molecule has 132 valence electrons. The number of piperidine rings is 1. The van der Waals surface area contributed by atoms with Crippen LogP contribution < -0.4 is 21.5 Å². The van der Waals surface area contributed by atoms with E-state index in [9.17, 15) is 4.79 Å². The molecule has 0 unspecified atom stereocenters. The number of nitrogens with zero attached hydrogens (tertiary/aromatic N) is 2. The lowest BCUT2D eigenvalue weighted by Gasteiger charge is -2.27. The molecule has 1 aliphatic rings. The minimum Gasteiger partial charge on any atom is -0.383 e. The van der Waals surface area contributed by atoms with Gasteiger partial charge in [0.05, 0.1) is 0 Å². The van der Waals surface area contributed by atoms with Crippen LogP contribution in [0.4, 0.5) is 17.5 Å². The standard InChI is InChI=1S/C18H23N5OS/c1-2-12-6-8-13(9-7-12)20-17(25)14-15(19)21-18(22-16(14)24)23-10-4-3-5-11-23/h6-9H,2-5,10-11H2,1H3,(H,20,25)(H3,19,21,22,24). The van der Waals surface area contributed by atoms with Gasteiger partial charge in [-0.15, -0.1) is 0 Å². The molecule has 4 N–H and O–H groups in total. The summed E-state index contributed by atoms with van der Waals surface area (Å²) in [5.74, 6) is 0.688. The van der Waals surface area contributed by atoms with Crippen molar-refractivity contribution in [3.05, 3.63) is 45.7 Å². The van der Waals surface area contributed by atoms with Crippen molar-refractivity contribution >= 4 is 34.7 Å². The number of hydrogen-bond acceptors (Lipinski definition) is 5. The topological polar surface area (TPSA) is 87.0 Å². The van der Waals surface area contributed by atoms with Crippen molar-refractivity contribution in [1.82, 2.24) is 9.97 Å². The second kappa shape index (κ2) is 7.65. The number of aromatic nitrogens is 2. The van der Waals surface area contributed by atoms with Gasteiger partial charge in [-0.1, -0.05) is 31.3 Å². The summed E-state index contributed by atoms with van der Waals surface area (Å²) in [4.78, 5) is 22.0. The highest BCUT2D eigenvalue weighted by atomic mass is 32.1. The van der Waals surface area contributed by atoms with Crippen LogP contribution in [0.25, 0.3) is 0 Å². The molecular weight excluding hydrogens is 334 g/mol. The van der Waals surface area contributed by atoms with Crippen LogP contribution >= 0.6 is 12.2 Å². The molecule has 2 heterocycles. The van der Waals surface area contributed by atoms with Crippen LogP contribution in [0.2, 0.25) is 0 Å². The summed E-state index contributed by atoms with van der Waals surface area (Å²) in [7, 11) is 0. The minimum atomic E-state index is -0.309. The van der Waals surface area contributed by atoms with E-state index in [0.29, 0.717) is 5.95 Å². The maximum atomic E-state index is 12.5. The molecule has 0 bridgehead atoms. The monoisotopic (exact) mass is 357 g/mol. The SMILES string of the molecule is CCc1ccc(NC(=S)c2c(N)nc(N3CCCCC3)[nH]c2=O)cc1. The van der Waals surface area contributed by atoms with Gasteiger partial charge in [-0.25, -0.2) is 0 Å². The van der Waals surface area contributed by atoms with E-state index in [0.717, 1.165) is 38.0 Å². The number of thiocarbonyl (C=S) groups is 1. The van der Waals surface area contributed by atoms with Crippen LogP contribution in [0.3, 0.4) is 0 Å². The van der Waals surface area contributed by atoms with Crippen molar-refractivity contribution < 1.29 is 0 Å². The fourth-order valence-corrected chi connectivity index (χ4v) is 3.29. The average Bonchev–Trinajstić information content (AvgIpc) is 2.62.